The lowest BCUT2D eigenvalue weighted by Crippen LogP contribution is -2.49. The van der Waals surface area contributed by atoms with Gasteiger partial charge in [-0.25, -0.2) is 13.4 Å². The highest BCUT2D eigenvalue weighted by Crippen LogP contribution is 2.34. The fourth-order valence-electron chi connectivity index (χ4n) is 4.74. The molecular formula is C25H29N3O4S2. The molecular weight excluding hydrogens is 470 g/mol. The van der Waals surface area contributed by atoms with Gasteiger partial charge in [-0.1, -0.05) is 41.2 Å². The summed E-state index contributed by atoms with van der Waals surface area (Å²) in [4.78, 5) is 20.7. The van der Waals surface area contributed by atoms with E-state index < -0.39 is 16.1 Å². The molecule has 2 aliphatic heterocycles. The van der Waals surface area contributed by atoms with Gasteiger partial charge in [0.1, 0.15) is 6.04 Å². The van der Waals surface area contributed by atoms with Crippen molar-refractivity contribution in [2.45, 2.75) is 56.6 Å². The number of fused-ring (bicyclic) bond motifs is 1. The normalized spacial score (nSPS) is 21.4. The minimum absolute atomic E-state index is 0.0689. The molecule has 180 valence electrons. The number of hydrogen-bond donors (Lipinski definition) is 0. The van der Waals surface area contributed by atoms with Crippen molar-refractivity contribution in [1.82, 2.24) is 9.29 Å². The van der Waals surface area contributed by atoms with E-state index in [1.807, 2.05) is 32.0 Å². The minimum Gasteiger partial charge on any atom is -0.376 e. The van der Waals surface area contributed by atoms with E-state index in [1.165, 1.54) is 15.6 Å². The fraction of sp³-hybridized carbons (Fsp3) is 0.440. The Kier molecular flexibility index (Phi) is 6.45. The maximum Gasteiger partial charge on any atom is 0.247 e. The Morgan fingerprint density at radius 3 is 2.65 bits per heavy atom. The van der Waals surface area contributed by atoms with Crippen LogP contribution in [0.5, 0.6) is 0 Å². The first-order valence-electron chi connectivity index (χ1n) is 11.7. The van der Waals surface area contributed by atoms with Gasteiger partial charge >= 0.3 is 0 Å². The number of hydrogen-bond acceptors (Lipinski definition) is 6. The highest BCUT2D eigenvalue weighted by Gasteiger charge is 2.42. The SMILES string of the molecule is Cc1ccc(S(=O)(=O)N2CCC[C@@H]2C(=O)N(C[C@H]2CCCO2)c2nc3c(C)cccc3s2)cc1. The van der Waals surface area contributed by atoms with Crippen LogP contribution in [0.4, 0.5) is 5.13 Å². The Balaban J connectivity index is 1.49. The number of aryl methyl sites for hydroxylation is 2. The van der Waals surface area contributed by atoms with Gasteiger partial charge in [0.05, 0.1) is 27.8 Å². The van der Waals surface area contributed by atoms with E-state index in [1.54, 1.807) is 29.2 Å². The van der Waals surface area contributed by atoms with Crippen molar-refractivity contribution >= 4 is 42.6 Å². The van der Waals surface area contributed by atoms with Gasteiger partial charge in [0.2, 0.25) is 15.9 Å². The number of para-hydroxylation sites is 1. The lowest BCUT2D eigenvalue weighted by molar-refractivity contribution is -0.122. The number of anilines is 1. The van der Waals surface area contributed by atoms with Gasteiger partial charge in [-0.05, 0) is 63.3 Å². The van der Waals surface area contributed by atoms with Crippen LogP contribution in [-0.2, 0) is 19.6 Å². The number of benzene rings is 2. The monoisotopic (exact) mass is 499 g/mol. The first kappa shape index (κ1) is 23.4. The van der Waals surface area contributed by atoms with E-state index in [-0.39, 0.29) is 16.9 Å². The van der Waals surface area contributed by atoms with Gasteiger partial charge in [0, 0.05) is 13.2 Å². The number of nitrogens with zero attached hydrogens (tertiary/aromatic N) is 3. The van der Waals surface area contributed by atoms with Gasteiger partial charge in [0.15, 0.2) is 5.13 Å². The lowest BCUT2D eigenvalue weighted by Gasteiger charge is -2.29. The molecule has 1 aromatic heterocycles. The van der Waals surface area contributed by atoms with Crippen LogP contribution >= 0.6 is 11.3 Å². The molecule has 1 amide bonds. The zero-order chi connectivity index (χ0) is 23.9. The molecule has 2 saturated heterocycles. The van der Waals surface area contributed by atoms with Gasteiger partial charge in [-0.15, -0.1) is 0 Å². The third-order valence-corrected chi connectivity index (χ3v) is 9.60. The summed E-state index contributed by atoms with van der Waals surface area (Å²) >= 11 is 1.47. The molecule has 2 atom stereocenters. The summed E-state index contributed by atoms with van der Waals surface area (Å²) in [5, 5.41) is 0.601. The standard InChI is InChI=1S/C25H29N3O4S2/c1-17-10-12-20(13-11-17)34(30,31)28-14-4-8-21(28)24(29)27(16-19-7-5-15-32-19)25-26-23-18(2)6-3-9-22(23)33-25/h3,6,9-13,19,21H,4-5,7-8,14-16H2,1-2H3/t19-,21-/m1/s1. The molecule has 2 aromatic carbocycles. The van der Waals surface area contributed by atoms with Crippen molar-refractivity contribution in [3.63, 3.8) is 0 Å². The molecule has 2 aliphatic rings. The van der Waals surface area contributed by atoms with Gasteiger partial charge in [-0.2, -0.15) is 4.31 Å². The number of sulfonamides is 1. The van der Waals surface area contributed by atoms with Crippen molar-refractivity contribution in [2.24, 2.45) is 0 Å². The van der Waals surface area contributed by atoms with Crippen molar-refractivity contribution in [1.29, 1.82) is 0 Å². The van der Waals surface area contributed by atoms with E-state index in [4.69, 9.17) is 9.72 Å². The molecule has 0 bridgehead atoms. The van der Waals surface area contributed by atoms with E-state index in [9.17, 15) is 13.2 Å². The Morgan fingerprint density at radius 2 is 1.94 bits per heavy atom. The van der Waals surface area contributed by atoms with E-state index >= 15 is 0 Å². The molecule has 0 aliphatic carbocycles. The number of rotatable bonds is 6. The second kappa shape index (κ2) is 9.37. The first-order valence-corrected chi connectivity index (χ1v) is 14.0. The minimum atomic E-state index is -3.79. The van der Waals surface area contributed by atoms with E-state index in [0.29, 0.717) is 37.7 Å². The zero-order valence-corrected chi connectivity index (χ0v) is 21.1. The summed E-state index contributed by atoms with van der Waals surface area (Å²) in [6.45, 7) is 5.32. The van der Waals surface area contributed by atoms with Crippen molar-refractivity contribution in [3.05, 3.63) is 53.6 Å². The van der Waals surface area contributed by atoms with Crippen molar-refractivity contribution < 1.29 is 17.9 Å². The number of amides is 1. The van der Waals surface area contributed by atoms with Crippen LogP contribution in [0.15, 0.2) is 47.4 Å². The first-order chi connectivity index (χ1) is 16.3. The summed E-state index contributed by atoms with van der Waals surface area (Å²) in [6, 6.07) is 12.0. The Labute approximate surface area is 204 Å². The Morgan fingerprint density at radius 1 is 1.15 bits per heavy atom. The molecule has 5 rings (SSSR count). The maximum absolute atomic E-state index is 14.0. The quantitative estimate of drug-likeness (QED) is 0.506. The molecule has 9 heteroatoms. The largest absolute Gasteiger partial charge is 0.376 e. The highest BCUT2D eigenvalue weighted by molar-refractivity contribution is 7.89. The van der Waals surface area contributed by atoms with Crippen molar-refractivity contribution in [3.8, 4) is 0 Å². The van der Waals surface area contributed by atoms with Crippen LogP contribution in [0, 0.1) is 13.8 Å². The van der Waals surface area contributed by atoms with Crippen molar-refractivity contribution in [2.75, 3.05) is 24.6 Å². The van der Waals surface area contributed by atoms with Crippen LogP contribution in [0.1, 0.15) is 36.8 Å². The van der Waals surface area contributed by atoms with Crippen LogP contribution in [-0.4, -0.2) is 55.5 Å². The predicted octanol–water partition coefficient (Wildman–Crippen LogP) is 4.28. The number of carbonyl (C=O) groups excluding carboxylic acids is 1. The predicted molar refractivity (Wildman–Crippen MR) is 134 cm³/mol. The number of carbonyl (C=O) groups is 1. The molecule has 3 heterocycles. The second-order valence-corrected chi connectivity index (χ2v) is 12.0. The molecule has 2 fully saturated rings. The highest BCUT2D eigenvalue weighted by atomic mass is 32.2. The number of thiazole rings is 1. The second-order valence-electron chi connectivity index (χ2n) is 9.09. The molecule has 0 spiro atoms. The molecule has 0 N–H and O–H groups in total. The van der Waals surface area contributed by atoms with E-state index in [2.05, 4.69) is 0 Å². The van der Waals surface area contributed by atoms with Crippen LogP contribution < -0.4 is 4.90 Å². The maximum atomic E-state index is 14.0. The van der Waals surface area contributed by atoms with Gasteiger partial charge in [0.25, 0.3) is 0 Å². The molecule has 34 heavy (non-hydrogen) atoms. The van der Waals surface area contributed by atoms with Crippen LogP contribution in [0.3, 0.4) is 0 Å². The number of ether oxygens (including phenoxy) is 1. The smallest absolute Gasteiger partial charge is 0.247 e. The molecule has 0 unspecified atom stereocenters. The summed E-state index contributed by atoms with van der Waals surface area (Å²) in [5.74, 6) is -0.222. The summed E-state index contributed by atoms with van der Waals surface area (Å²) in [5.41, 5.74) is 2.92. The number of aromatic nitrogens is 1. The van der Waals surface area contributed by atoms with Crippen LogP contribution in [0.25, 0.3) is 10.2 Å². The summed E-state index contributed by atoms with van der Waals surface area (Å²) in [6.07, 6.45) is 2.91. The Bertz CT molecular complexity index is 1300. The molecule has 3 aromatic rings. The lowest BCUT2D eigenvalue weighted by atomic mass is 10.2. The Hall–Kier alpha value is -2.33. The average Bonchev–Trinajstić information content (AvgIpc) is 3.58. The average molecular weight is 500 g/mol. The third kappa shape index (κ3) is 4.37. The molecule has 0 saturated carbocycles. The molecule has 7 nitrogen and oxygen atoms in total. The molecule has 0 radical (unpaired) electrons. The topological polar surface area (TPSA) is 79.8 Å². The third-order valence-electron chi connectivity index (χ3n) is 6.63. The fourth-order valence-corrected chi connectivity index (χ4v) is 7.45. The van der Waals surface area contributed by atoms with Crippen LogP contribution in [0.2, 0.25) is 0 Å². The van der Waals surface area contributed by atoms with Gasteiger partial charge < -0.3 is 4.74 Å². The summed E-state index contributed by atoms with van der Waals surface area (Å²) < 4.78 is 35.2. The van der Waals surface area contributed by atoms with Gasteiger partial charge in [-0.3, -0.25) is 9.69 Å². The summed E-state index contributed by atoms with van der Waals surface area (Å²) in [7, 11) is -3.79. The zero-order valence-electron chi connectivity index (χ0n) is 19.4. The van der Waals surface area contributed by atoms with E-state index in [0.717, 1.165) is 34.2 Å².